The SMILES string of the molecule is COc1cc(-c2cc3nccc(-c4cc(OC(F)(F)F)cc(C(=O)NC5CCCCC5N)c4)c3o2)cc(OC)c1OC. The number of fused-ring (bicyclic) bond motifs is 1. The van der Waals surface area contributed by atoms with Crippen molar-refractivity contribution in [1.82, 2.24) is 10.3 Å². The summed E-state index contributed by atoms with van der Waals surface area (Å²) in [4.78, 5) is 17.6. The quantitative estimate of drug-likeness (QED) is 0.255. The van der Waals surface area contributed by atoms with Crippen molar-refractivity contribution >= 4 is 17.0 Å². The van der Waals surface area contributed by atoms with Crippen LogP contribution in [-0.2, 0) is 0 Å². The Kier molecular flexibility index (Phi) is 8.17. The third-order valence-electron chi connectivity index (χ3n) is 7.21. The normalized spacial score (nSPS) is 17.1. The number of carbonyl (C=O) groups excluding carboxylic acids is 1. The summed E-state index contributed by atoms with van der Waals surface area (Å²) in [6.07, 6.45) is -0.135. The molecule has 2 unspecified atom stereocenters. The van der Waals surface area contributed by atoms with Crippen molar-refractivity contribution in [2.45, 2.75) is 44.1 Å². The highest BCUT2D eigenvalue weighted by atomic mass is 19.4. The van der Waals surface area contributed by atoms with E-state index in [4.69, 9.17) is 24.4 Å². The number of amides is 1. The van der Waals surface area contributed by atoms with Crippen LogP contribution in [-0.4, -0.2) is 50.7 Å². The average Bonchev–Trinajstić information content (AvgIpc) is 3.41. The summed E-state index contributed by atoms with van der Waals surface area (Å²) in [5, 5.41) is 2.88. The smallest absolute Gasteiger partial charge is 0.493 e. The van der Waals surface area contributed by atoms with Crippen LogP contribution in [0, 0.1) is 0 Å². The molecule has 1 aliphatic rings. The van der Waals surface area contributed by atoms with Crippen LogP contribution in [0.2, 0.25) is 0 Å². The molecule has 0 radical (unpaired) electrons. The van der Waals surface area contributed by atoms with Crippen molar-refractivity contribution in [2.75, 3.05) is 21.3 Å². The number of alkyl halides is 3. The fourth-order valence-corrected chi connectivity index (χ4v) is 5.20. The minimum absolute atomic E-state index is 0.00843. The topological polar surface area (TPSA) is 118 Å². The molecule has 2 atom stereocenters. The zero-order valence-corrected chi connectivity index (χ0v) is 23.2. The molecule has 9 nitrogen and oxygen atoms in total. The van der Waals surface area contributed by atoms with E-state index in [1.165, 1.54) is 39.7 Å². The zero-order chi connectivity index (χ0) is 30.0. The van der Waals surface area contributed by atoms with Gasteiger partial charge in [0.25, 0.3) is 5.91 Å². The van der Waals surface area contributed by atoms with Gasteiger partial charge in [-0.25, -0.2) is 0 Å². The number of halogens is 3. The lowest BCUT2D eigenvalue weighted by atomic mass is 9.90. The van der Waals surface area contributed by atoms with Gasteiger partial charge in [0, 0.05) is 41.0 Å². The van der Waals surface area contributed by atoms with Gasteiger partial charge in [-0.2, -0.15) is 0 Å². The van der Waals surface area contributed by atoms with Gasteiger partial charge in [0.15, 0.2) is 17.1 Å². The monoisotopic (exact) mass is 585 g/mol. The third-order valence-corrected chi connectivity index (χ3v) is 7.21. The third kappa shape index (κ3) is 6.08. The van der Waals surface area contributed by atoms with Crippen molar-refractivity contribution in [3.05, 3.63) is 54.2 Å². The lowest BCUT2D eigenvalue weighted by Crippen LogP contribution is -2.49. The Bertz CT molecular complexity index is 1580. The Morgan fingerprint density at radius 3 is 2.33 bits per heavy atom. The second kappa shape index (κ2) is 11.8. The van der Waals surface area contributed by atoms with Crippen LogP contribution in [0.25, 0.3) is 33.6 Å². The minimum atomic E-state index is -4.96. The molecule has 0 aliphatic heterocycles. The number of aromatic nitrogens is 1. The zero-order valence-electron chi connectivity index (χ0n) is 23.2. The standard InChI is InChI=1S/C30H30F3N3O6/c1-38-25-13-17(14-26(39-2)28(25)40-3)24-15-23-27(41-24)20(8-9-35-23)16-10-18(12-19(11-16)42-30(31,32)33)29(37)36-22-7-5-4-6-21(22)34/h8-15,21-22H,4-7,34H2,1-3H3,(H,36,37). The van der Waals surface area contributed by atoms with Crippen LogP contribution < -0.4 is 30.0 Å². The average molecular weight is 586 g/mol. The van der Waals surface area contributed by atoms with Crippen molar-refractivity contribution in [3.8, 4) is 45.4 Å². The number of methoxy groups -OCH3 is 3. The first-order valence-corrected chi connectivity index (χ1v) is 13.3. The molecule has 0 spiro atoms. The van der Waals surface area contributed by atoms with E-state index in [0.717, 1.165) is 25.3 Å². The van der Waals surface area contributed by atoms with Crippen LogP contribution in [0.5, 0.6) is 23.0 Å². The molecule has 1 aliphatic carbocycles. The summed E-state index contributed by atoms with van der Waals surface area (Å²) < 4.78 is 66.5. The van der Waals surface area contributed by atoms with Crippen molar-refractivity contribution in [2.24, 2.45) is 5.73 Å². The Hall–Kier alpha value is -4.45. The number of ether oxygens (including phenoxy) is 4. The van der Waals surface area contributed by atoms with Gasteiger partial charge in [-0.1, -0.05) is 12.8 Å². The second-order valence-electron chi connectivity index (χ2n) is 9.92. The van der Waals surface area contributed by atoms with Crippen LogP contribution in [0.15, 0.2) is 53.1 Å². The van der Waals surface area contributed by atoms with Crippen LogP contribution >= 0.6 is 0 Å². The summed E-state index contributed by atoms with van der Waals surface area (Å²) in [7, 11) is 4.47. The second-order valence-corrected chi connectivity index (χ2v) is 9.92. The van der Waals surface area contributed by atoms with Crippen molar-refractivity contribution in [1.29, 1.82) is 0 Å². The van der Waals surface area contributed by atoms with Gasteiger partial charge in [0.1, 0.15) is 17.0 Å². The maximum atomic E-state index is 13.3. The van der Waals surface area contributed by atoms with E-state index in [0.29, 0.717) is 51.7 Å². The fourth-order valence-electron chi connectivity index (χ4n) is 5.20. The number of rotatable bonds is 8. The minimum Gasteiger partial charge on any atom is -0.493 e. The summed E-state index contributed by atoms with van der Waals surface area (Å²) >= 11 is 0. The van der Waals surface area contributed by atoms with Crippen LogP contribution in [0.3, 0.4) is 0 Å². The van der Waals surface area contributed by atoms with Gasteiger partial charge in [-0.3, -0.25) is 9.78 Å². The van der Waals surface area contributed by atoms with Gasteiger partial charge < -0.3 is 34.4 Å². The van der Waals surface area contributed by atoms with Crippen molar-refractivity contribution in [3.63, 3.8) is 0 Å². The number of pyridine rings is 1. The van der Waals surface area contributed by atoms with E-state index < -0.39 is 18.0 Å². The van der Waals surface area contributed by atoms with E-state index >= 15 is 0 Å². The summed E-state index contributed by atoms with van der Waals surface area (Å²) in [5.74, 6) is 0.529. The molecule has 0 saturated heterocycles. The molecule has 4 aromatic rings. The number of carbonyl (C=O) groups is 1. The van der Waals surface area contributed by atoms with E-state index in [-0.39, 0.29) is 23.2 Å². The summed E-state index contributed by atoms with van der Waals surface area (Å²) in [6.45, 7) is 0. The highest BCUT2D eigenvalue weighted by Crippen LogP contribution is 2.43. The molecule has 2 aromatic heterocycles. The van der Waals surface area contributed by atoms with E-state index in [1.54, 1.807) is 24.3 Å². The first-order valence-electron chi connectivity index (χ1n) is 13.3. The van der Waals surface area contributed by atoms with E-state index in [2.05, 4.69) is 15.0 Å². The molecule has 1 fully saturated rings. The largest absolute Gasteiger partial charge is 0.573 e. The van der Waals surface area contributed by atoms with Gasteiger partial charge in [-0.15, -0.1) is 13.2 Å². The van der Waals surface area contributed by atoms with E-state index in [9.17, 15) is 18.0 Å². The van der Waals surface area contributed by atoms with Gasteiger partial charge in [0.05, 0.1) is 21.3 Å². The Labute approximate surface area is 239 Å². The molecule has 1 amide bonds. The number of benzene rings is 2. The Balaban J connectivity index is 1.58. The first kappa shape index (κ1) is 29.1. The molecular weight excluding hydrogens is 555 g/mol. The maximum Gasteiger partial charge on any atom is 0.573 e. The summed E-state index contributed by atoms with van der Waals surface area (Å²) in [5.41, 5.74) is 8.18. The van der Waals surface area contributed by atoms with Crippen LogP contribution in [0.1, 0.15) is 36.0 Å². The molecule has 5 rings (SSSR count). The van der Waals surface area contributed by atoms with Gasteiger partial charge in [0.2, 0.25) is 5.75 Å². The van der Waals surface area contributed by atoms with E-state index in [1.807, 2.05) is 0 Å². The summed E-state index contributed by atoms with van der Waals surface area (Å²) in [6, 6.07) is 9.93. The van der Waals surface area contributed by atoms with Crippen LogP contribution in [0.4, 0.5) is 13.2 Å². The number of nitrogens with one attached hydrogen (secondary N) is 1. The number of nitrogens with two attached hydrogens (primary N) is 1. The molecule has 2 heterocycles. The highest BCUT2D eigenvalue weighted by molar-refractivity contribution is 5.98. The molecule has 222 valence electrons. The first-order chi connectivity index (χ1) is 20.1. The number of hydrogen-bond donors (Lipinski definition) is 2. The molecular formula is C30H30F3N3O6. The van der Waals surface area contributed by atoms with Crippen molar-refractivity contribution < 1.29 is 41.3 Å². The molecule has 42 heavy (non-hydrogen) atoms. The van der Waals surface area contributed by atoms with Gasteiger partial charge in [-0.05, 0) is 54.8 Å². The highest BCUT2D eigenvalue weighted by Gasteiger charge is 2.32. The lowest BCUT2D eigenvalue weighted by molar-refractivity contribution is -0.274. The molecule has 0 bridgehead atoms. The number of nitrogens with zero attached hydrogens (tertiary/aromatic N) is 1. The number of hydrogen-bond acceptors (Lipinski definition) is 8. The lowest BCUT2D eigenvalue weighted by Gasteiger charge is -2.29. The number of furan rings is 1. The predicted octanol–water partition coefficient (Wildman–Crippen LogP) is 6.09. The Morgan fingerprint density at radius 1 is 0.976 bits per heavy atom. The maximum absolute atomic E-state index is 13.3. The fraction of sp³-hybridized carbons (Fsp3) is 0.333. The van der Waals surface area contributed by atoms with Gasteiger partial charge >= 0.3 is 6.36 Å². The molecule has 12 heteroatoms. The molecule has 1 saturated carbocycles. The molecule has 3 N–H and O–H groups in total. The predicted molar refractivity (Wildman–Crippen MR) is 149 cm³/mol. The molecule has 2 aromatic carbocycles. The Morgan fingerprint density at radius 2 is 1.69 bits per heavy atom.